The van der Waals surface area contributed by atoms with Crippen molar-refractivity contribution >= 4 is 50.3 Å². The molecule has 0 radical (unpaired) electrons. The van der Waals surface area contributed by atoms with E-state index in [0.717, 1.165) is 5.56 Å². The minimum atomic E-state index is -3.94. The number of allylic oxidation sites excluding steroid dienone is 1. The Labute approximate surface area is 176 Å². The number of aromatic nitrogens is 4. The number of nitrogens with one attached hydrogen (secondary N) is 1. The molecule has 150 valence electrons. The van der Waals surface area contributed by atoms with Crippen LogP contribution in [0, 0.1) is 12.8 Å². The molecule has 0 fully saturated rings. The second-order valence-corrected chi connectivity index (χ2v) is 9.06. The van der Waals surface area contributed by atoms with Crippen LogP contribution in [0.2, 0.25) is 10.4 Å². The van der Waals surface area contributed by atoms with Crippen LogP contribution < -0.4 is 4.72 Å². The zero-order valence-electron chi connectivity index (χ0n) is 15.1. The van der Waals surface area contributed by atoms with Gasteiger partial charge >= 0.3 is 0 Å². The largest absolute Gasteiger partial charge is 0.308 e. The topological polar surface area (TPSA) is 107 Å². The van der Waals surface area contributed by atoms with E-state index in [-0.39, 0.29) is 21.4 Å². The summed E-state index contributed by atoms with van der Waals surface area (Å²) < 4.78 is 28.8. The third-order valence-corrected chi connectivity index (χ3v) is 6.47. The van der Waals surface area contributed by atoms with Crippen LogP contribution in [0.15, 0.2) is 47.6 Å². The number of hydrogen-bond donors (Lipinski definition) is 1. The third-order valence-electron chi connectivity index (χ3n) is 4.67. The third kappa shape index (κ3) is 3.85. The molecule has 0 saturated heterocycles. The first-order valence-electron chi connectivity index (χ1n) is 8.62. The Morgan fingerprint density at radius 3 is 2.62 bits per heavy atom. The molecule has 1 N–H and O–H groups in total. The average molecular weight is 452 g/mol. The van der Waals surface area contributed by atoms with Gasteiger partial charge in [-0.3, -0.25) is 4.79 Å². The summed E-state index contributed by atoms with van der Waals surface area (Å²) in [5.41, 5.74) is 1.77. The van der Waals surface area contributed by atoms with Crippen molar-refractivity contribution in [2.24, 2.45) is 5.92 Å². The van der Waals surface area contributed by atoms with Crippen molar-refractivity contribution in [2.45, 2.75) is 24.3 Å². The van der Waals surface area contributed by atoms with Gasteiger partial charge in [-0.25, -0.2) is 23.1 Å². The number of carbonyl (C=O) groups excluding carboxylic acids is 1. The molecule has 1 amide bonds. The normalized spacial score (nSPS) is 19.0. The first kappa shape index (κ1) is 19.8. The lowest BCUT2D eigenvalue weighted by Crippen LogP contribution is -2.34. The molecule has 1 aliphatic rings. The van der Waals surface area contributed by atoms with Crippen molar-refractivity contribution in [3.63, 3.8) is 0 Å². The first-order chi connectivity index (χ1) is 13.7. The van der Waals surface area contributed by atoms with Crippen LogP contribution in [0.4, 0.5) is 0 Å². The van der Waals surface area contributed by atoms with E-state index in [0.29, 0.717) is 17.6 Å². The molecule has 2 aromatic heterocycles. The van der Waals surface area contributed by atoms with E-state index in [1.165, 1.54) is 12.1 Å². The Morgan fingerprint density at radius 2 is 1.90 bits per heavy atom. The number of aryl methyl sites for hydroxylation is 1. The maximum atomic E-state index is 12.6. The molecule has 0 saturated carbocycles. The van der Waals surface area contributed by atoms with Crippen LogP contribution in [0.25, 0.3) is 11.2 Å². The standard InChI is InChI=1S/C18H15Cl2N5O3S/c1-10-2-6-13(7-3-10)29(27,28)24-17(26)11-4-5-12(8-11)25-9-21-14-15(19)22-18(20)23-16(14)25/h2-7,9,11-12H,8H2,1H3,(H,24,26)/t11-,12+/m1/s1. The monoisotopic (exact) mass is 451 g/mol. The Morgan fingerprint density at radius 1 is 1.17 bits per heavy atom. The average Bonchev–Trinajstić information content (AvgIpc) is 3.28. The zero-order valence-corrected chi connectivity index (χ0v) is 17.4. The van der Waals surface area contributed by atoms with Gasteiger partial charge in [0.05, 0.1) is 23.2 Å². The van der Waals surface area contributed by atoms with Crippen molar-refractivity contribution in [1.29, 1.82) is 0 Å². The van der Waals surface area contributed by atoms with Crippen molar-refractivity contribution in [3.05, 3.63) is 58.7 Å². The summed E-state index contributed by atoms with van der Waals surface area (Å²) in [4.78, 5) is 24.8. The number of carbonyl (C=O) groups is 1. The van der Waals surface area contributed by atoms with Gasteiger partial charge in [-0.05, 0) is 37.1 Å². The van der Waals surface area contributed by atoms with E-state index >= 15 is 0 Å². The van der Waals surface area contributed by atoms with Gasteiger partial charge in [0.1, 0.15) is 5.52 Å². The molecule has 2 heterocycles. The summed E-state index contributed by atoms with van der Waals surface area (Å²) in [6.45, 7) is 1.85. The molecule has 29 heavy (non-hydrogen) atoms. The molecule has 11 heteroatoms. The fourth-order valence-corrected chi connectivity index (χ4v) is 4.61. The van der Waals surface area contributed by atoms with E-state index in [9.17, 15) is 13.2 Å². The smallest absolute Gasteiger partial charge is 0.264 e. The molecule has 1 aliphatic carbocycles. The predicted molar refractivity (Wildman–Crippen MR) is 108 cm³/mol. The Bertz CT molecular complexity index is 1240. The number of imidazole rings is 1. The molecular formula is C18H15Cl2N5O3S. The summed E-state index contributed by atoms with van der Waals surface area (Å²) in [5, 5.41) is 0.129. The van der Waals surface area contributed by atoms with Gasteiger partial charge in [0, 0.05) is 0 Å². The second kappa shape index (κ2) is 7.40. The van der Waals surface area contributed by atoms with Crippen LogP contribution in [-0.4, -0.2) is 33.8 Å². The van der Waals surface area contributed by atoms with Crippen LogP contribution in [0.1, 0.15) is 18.0 Å². The minimum Gasteiger partial charge on any atom is -0.308 e. The summed E-state index contributed by atoms with van der Waals surface area (Å²) >= 11 is 11.9. The molecule has 3 aromatic rings. The highest BCUT2D eigenvalue weighted by atomic mass is 35.5. The van der Waals surface area contributed by atoms with Crippen LogP contribution >= 0.6 is 23.2 Å². The van der Waals surface area contributed by atoms with Gasteiger partial charge in [-0.15, -0.1) is 0 Å². The quantitative estimate of drug-likeness (QED) is 0.371. The number of benzene rings is 1. The lowest BCUT2D eigenvalue weighted by molar-refractivity contribution is -0.121. The van der Waals surface area contributed by atoms with Crippen LogP contribution in [0.5, 0.6) is 0 Å². The molecule has 0 bridgehead atoms. The number of nitrogens with zero attached hydrogens (tertiary/aromatic N) is 4. The molecule has 2 atom stereocenters. The van der Waals surface area contributed by atoms with E-state index in [1.807, 2.05) is 6.92 Å². The summed E-state index contributed by atoms with van der Waals surface area (Å²) in [6, 6.07) is 6.02. The minimum absolute atomic E-state index is 0.00953. The van der Waals surface area contributed by atoms with Gasteiger partial charge in [-0.2, -0.15) is 4.98 Å². The van der Waals surface area contributed by atoms with E-state index in [1.54, 1.807) is 35.2 Å². The molecule has 4 rings (SSSR count). The fourth-order valence-electron chi connectivity index (χ4n) is 3.16. The second-order valence-electron chi connectivity index (χ2n) is 6.68. The number of amides is 1. The highest BCUT2D eigenvalue weighted by Crippen LogP contribution is 2.32. The number of rotatable bonds is 4. The van der Waals surface area contributed by atoms with E-state index < -0.39 is 21.8 Å². The lowest BCUT2D eigenvalue weighted by atomic mass is 10.1. The Balaban J connectivity index is 1.51. The molecule has 8 nitrogen and oxygen atoms in total. The SMILES string of the molecule is Cc1ccc(S(=O)(=O)NC(=O)[C@@H]2C=C[C@H](n3cnc4c(Cl)nc(Cl)nc43)C2)cc1. The van der Waals surface area contributed by atoms with Crippen LogP contribution in [-0.2, 0) is 14.8 Å². The van der Waals surface area contributed by atoms with Crippen molar-refractivity contribution in [1.82, 2.24) is 24.2 Å². The van der Waals surface area contributed by atoms with E-state index in [2.05, 4.69) is 19.7 Å². The Kier molecular flexibility index (Phi) is 5.05. The Hall–Kier alpha value is -2.49. The van der Waals surface area contributed by atoms with Gasteiger partial charge in [0.25, 0.3) is 10.0 Å². The van der Waals surface area contributed by atoms with E-state index in [4.69, 9.17) is 23.2 Å². The predicted octanol–water partition coefficient (Wildman–Crippen LogP) is 3.06. The van der Waals surface area contributed by atoms with Gasteiger partial charge in [-0.1, -0.05) is 41.4 Å². The highest BCUT2D eigenvalue weighted by Gasteiger charge is 2.30. The first-order valence-corrected chi connectivity index (χ1v) is 10.9. The van der Waals surface area contributed by atoms with Gasteiger partial charge < -0.3 is 4.57 Å². The van der Waals surface area contributed by atoms with Crippen molar-refractivity contribution in [2.75, 3.05) is 0 Å². The molecule has 0 unspecified atom stereocenters. The van der Waals surface area contributed by atoms with Crippen molar-refractivity contribution in [3.8, 4) is 0 Å². The molecular weight excluding hydrogens is 437 g/mol. The number of hydrogen-bond acceptors (Lipinski definition) is 6. The number of halogens is 2. The van der Waals surface area contributed by atoms with Crippen LogP contribution in [0.3, 0.4) is 0 Å². The maximum Gasteiger partial charge on any atom is 0.264 e. The summed E-state index contributed by atoms with van der Waals surface area (Å²) in [6.07, 6.45) is 5.36. The van der Waals surface area contributed by atoms with Gasteiger partial charge in [0.15, 0.2) is 10.8 Å². The summed E-state index contributed by atoms with van der Waals surface area (Å²) in [5.74, 6) is -1.22. The molecule has 0 spiro atoms. The molecule has 1 aromatic carbocycles. The maximum absolute atomic E-state index is 12.6. The zero-order chi connectivity index (χ0) is 20.8. The number of fused-ring (bicyclic) bond motifs is 1. The molecule has 0 aliphatic heterocycles. The fraction of sp³-hybridized carbons (Fsp3) is 0.222. The van der Waals surface area contributed by atoms with Gasteiger partial charge in [0.2, 0.25) is 11.2 Å². The van der Waals surface area contributed by atoms with Crippen molar-refractivity contribution < 1.29 is 13.2 Å². The number of sulfonamides is 1. The summed E-state index contributed by atoms with van der Waals surface area (Å²) in [7, 11) is -3.94. The lowest BCUT2D eigenvalue weighted by Gasteiger charge is -2.14. The highest BCUT2D eigenvalue weighted by molar-refractivity contribution is 7.90.